The highest BCUT2D eigenvalue weighted by Gasteiger charge is 2.20. The number of aromatic nitrogens is 2. The van der Waals surface area contributed by atoms with Crippen LogP contribution in [0.3, 0.4) is 0 Å². The maximum Gasteiger partial charge on any atom is 0.307 e. The van der Waals surface area contributed by atoms with Crippen molar-refractivity contribution in [3.8, 4) is 10.8 Å². The molecule has 0 saturated heterocycles. The van der Waals surface area contributed by atoms with Gasteiger partial charge in [0, 0.05) is 6.42 Å². The van der Waals surface area contributed by atoms with Crippen molar-refractivity contribution in [3.63, 3.8) is 0 Å². The van der Waals surface area contributed by atoms with Crippen LogP contribution in [0.4, 0.5) is 0 Å². The Labute approximate surface area is 156 Å². The molecule has 0 aliphatic carbocycles. The number of Topliss-reactive ketones (excluding diaryl/α,β-unsaturated/α-hetero) is 1. The number of thiophene rings is 2. The van der Waals surface area contributed by atoms with Crippen molar-refractivity contribution in [1.82, 2.24) is 10.2 Å². The van der Waals surface area contributed by atoms with E-state index in [1.54, 1.807) is 19.1 Å². The Morgan fingerprint density at radius 1 is 1.28 bits per heavy atom. The van der Waals surface area contributed by atoms with Crippen LogP contribution < -0.4 is 0 Å². The van der Waals surface area contributed by atoms with Crippen molar-refractivity contribution in [1.29, 1.82) is 0 Å². The van der Waals surface area contributed by atoms with E-state index in [4.69, 9.17) is 20.8 Å². The third-order valence-electron chi connectivity index (χ3n) is 3.23. The second-order valence-corrected chi connectivity index (χ2v) is 7.74. The number of ether oxygens (including phenoxy) is 1. The van der Waals surface area contributed by atoms with Gasteiger partial charge < -0.3 is 9.15 Å². The number of ketones is 1. The minimum absolute atomic E-state index is 0.0232. The van der Waals surface area contributed by atoms with E-state index in [0.717, 1.165) is 4.88 Å². The average molecular weight is 397 g/mol. The van der Waals surface area contributed by atoms with E-state index in [9.17, 15) is 9.59 Å². The summed E-state index contributed by atoms with van der Waals surface area (Å²) in [5.41, 5.74) is 0. The maximum atomic E-state index is 12.0. The molecule has 0 aliphatic heterocycles. The van der Waals surface area contributed by atoms with E-state index >= 15 is 0 Å². The molecule has 3 aromatic rings. The van der Waals surface area contributed by atoms with Crippen molar-refractivity contribution in [3.05, 3.63) is 44.7 Å². The molecule has 0 N–H and O–H groups in total. The lowest BCUT2D eigenvalue weighted by atomic mass is 10.2. The summed E-state index contributed by atoms with van der Waals surface area (Å²) in [7, 11) is 0. The van der Waals surface area contributed by atoms with Crippen LogP contribution in [0.15, 0.2) is 34.1 Å². The van der Waals surface area contributed by atoms with Gasteiger partial charge in [0.05, 0.1) is 20.5 Å². The fraction of sp³-hybridized carbons (Fsp3) is 0.250. The summed E-state index contributed by atoms with van der Waals surface area (Å²) in [6.45, 7) is 1.64. The van der Waals surface area contributed by atoms with Gasteiger partial charge in [0.1, 0.15) is 0 Å². The molecule has 0 aromatic carbocycles. The second kappa shape index (κ2) is 7.90. The smallest absolute Gasteiger partial charge is 0.307 e. The number of halogens is 1. The van der Waals surface area contributed by atoms with Crippen LogP contribution in [0.25, 0.3) is 10.8 Å². The first-order chi connectivity index (χ1) is 12.0. The summed E-state index contributed by atoms with van der Waals surface area (Å²) < 4.78 is 11.3. The van der Waals surface area contributed by atoms with Gasteiger partial charge in [-0.3, -0.25) is 9.59 Å². The Balaban J connectivity index is 1.51. The highest BCUT2D eigenvalue weighted by molar-refractivity contribution is 7.18. The first-order valence-electron chi connectivity index (χ1n) is 7.38. The van der Waals surface area contributed by atoms with Crippen molar-refractivity contribution in [2.75, 3.05) is 0 Å². The molecule has 3 rings (SSSR count). The normalized spacial score (nSPS) is 12.1. The molecule has 3 heterocycles. The number of nitrogens with zero attached hydrogens (tertiary/aromatic N) is 2. The zero-order valence-corrected chi connectivity index (χ0v) is 15.5. The molecule has 1 unspecified atom stereocenters. The van der Waals surface area contributed by atoms with E-state index in [2.05, 4.69) is 10.2 Å². The molecule has 0 radical (unpaired) electrons. The average Bonchev–Trinajstić information content (AvgIpc) is 3.32. The number of hydrogen-bond donors (Lipinski definition) is 0. The molecule has 3 aromatic heterocycles. The Morgan fingerprint density at radius 3 is 2.80 bits per heavy atom. The van der Waals surface area contributed by atoms with Crippen molar-refractivity contribution in [2.45, 2.75) is 25.9 Å². The largest absolute Gasteiger partial charge is 0.453 e. The van der Waals surface area contributed by atoms with E-state index in [1.807, 2.05) is 17.5 Å². The molecule has 0 saturated carbocycles. The maximum absolute atomic E-state index is 12.0. The minimum Gasteiger partial charge on any atom is -0.453 e. The molecule has 9 heteroatoms. The van der Waals surface area contributed by atoms with Crippen LogP contribution in [0.1, 0.15) is 41.4 Å². The summed E-state index contributed by atoms with van der Waals surface area (Å²) in [6, 6.07) is 7.04. The Kier molecular flexibility index (Phi) is 5.62. The number of rotatable bonds is 7. The third kappa shape index (κ3) is 4.53. The molecule has 25 heavy (non-hydrogen) atoms. The van der Waals surface area contributed by atoms with Crippen LogP contribution in [-0.2, 0) is 9.53 Å². The molecule has 1 atom stereocenters. The van der Waals surface area contributed by atoms with Gasteiger partial charge in [0.25, 0.3) is 11.8 Å². The summed E-state index contributed by atoms with van der Waals surface area (Å²) in [5.74, 6) is -0.0376. The topological polar surface area (TPSA) is 82.3 Å². The predicted molar refractivity (Wildman–Crippen MR) is 95.0 cm³/mol. The molecular formula is C16H13ClN2O4S2. The molecule has 130 valence electrons. The highest BCUT2D eigenvalue weighted by Crippen LogP contribution is 2.26. The van der Waals surface area contributed by atoms with E-state index in [-0.39, 0.29) is 24.5 Å². The molecular weight excluding hydrogens is 384 g/mol. The molecule has 0 amide bonds. The first kappa shape index (κ1) is 17.8. The molecule has 6 nitrogen and oxygen atoms in total. The Morgan fingerprint density at radius 2 is 2.12 bits per heavy atom. The van der Waals surface area contributed by atoms with E-state index in [0.29, 0.717) is 15.1 Å². The number of carbonyl (C=O) groups excluding carboxylic acids is 2. The van der Waals surface area contributed by atoms with Gasteiger partial charge in [-0.15, -0.1) is 32.9 Å². The van der Waals surface area contributed by atoms with Crippen molar-refractivity contribution >= 4 is 46.0 Å². The zero-order valence-electron chi connectivity index (χ0n) is 13.1. The van der Waals surface area contributed by atoms with Gasteiger partial charge in [-0.05, 0) is 30.5 Å². The third-order valence-corrected chi connectivity index (χ3v) is 5.36. The number of carbonyl (C=O) groups is 2. The first-order valence-corrected chi connectivity index (χ1v) is 9.45. The fourth-order valence-electron chi connectivity index (χ4n) is 2.01. The quantitative estimate of drug-likeness (QED) is 0.422. The lowest BCUT2D eigenvalue weighted by Gasteiger charge is -2.08. The monoisotopic (exact) mass is 396 g/mol. The number of hydrogen-bond acceptors (Lipinski definition) is 8. The summed E-state index contributed by atoms with van der Waals surface area (Å²) in [4.78, 5) is 25.3. The lowest BCUT2D eigenvalue weighted by molar-refractivity contribution is -0.149. The van der Waals surface area contributed by atoms with Crippen molar-refractivity contribution < 1.29 is 18.7 Å². The lowest BCUT2D eigenvalue weighted by Crippen LogP contribution is -2.11. The van der Waals surface area contributed by atoms with Gasteiger partial charge in [-0.1, -0.05) is 17.7 Å². The zero-order chi connectivity index (χ0) is 17.8. The number of esters is 1. The molecule has 0 bridgehead atoms. The van der Waals surface area contributed by atoms with Gasteiger partial charge in [-0.25, -0.2) is 0 Å². The minimum atomic E-state index is -0.681. The van der Waals surface area contributed by atoms with Crippen LogP contribution in [-0.4, -0.2) is 21.9 Å². The summed E-state index contributed by atoms with van der Waals surface area (Å²) in [6.07, 6.45) is -0.642. The highest BCUT2D eigenvalue weighted by atomic mass is 35.5. The molecule has 0 aliphatic rings. The van der Waals surface area contributed by atoms with Gasteiger partial charge >= 0.3 is 5.97 Å². The standard InChI is InChI=1S/C16H13ClN2O4S2/c1-9(15-18-19-16(23-15)12-3-2-8-24-12)22-14(21)7-4-10(20)11-5-6-13(17)25-11/h2-3,5-6,8-9H,4,7H2,1H3. The summed E-state index contributed by atoms with van der Waals surface area (Å²) in [5, 5.41) is 9.75. The van der Waals surface area contributed by atoms with Crippen molar-refractivity contribution in [2.24, 2.45) is 0 Å². The van der Waals surface area contributed by atoms with Gasteiger partial charge in [0.15, 0.2) is 11.9 Å². The second-order valence-electron chi connectivity index (χ2n) is 5.08. The molecule has 0 fully saturated rings. The van der Waals surface area contributed by atoms with Crippen LogP contribution in [0.5, 0.6) is 0 Å². The fourth-order valence-corrected chi connectivity index (χ4v) is 3.66. The van der Waals surface area contributed by atoms with Gasteiger partial charge in [-0.2, -0.15) is 0 Å². The Bertz CT molecular complexity index is 872. The van der Waals surface area contributed by atoms with Crippen LogP contribution >= 0.6 is 34.3 Å². The molecule has 0 spiro atoms. The summed E-state index contributed by atoms with van der Waals surface area (Å²) >= 11 is 8.46. The van der Waals surface area contributed by atoms with Gasteiger partial charge in [0.2, 0.25) is 0 Å². The van der Waals surface area contributed by atoms with Crippen LogP contribution in [0.2, 0.25) is 4.34 Å². The predicted octanol–water partition coefficient (Wildman–Crippen LogP) is 4.78. The van der Waals surface area contributed by atoms with E-state index in [1.165, 1.54) is 22.7 Å². The van der Waals surface area contributed by atoms with E-state index < -0.39 is 12.1 Å². The van der Waals surface area contributed by atoms with Crippen LogP contribution in [0, 0.1) is 0 Å². The SMILES string of the molecule is CC(OC(=O)CCC(=O)c1ccc(Cl)s1)c1nnc(-c2cccs2)o1. The Hall–Kier alpha value is -2.03.